The van der Waals surface area contributed by atoms with Gasteiger partial charge in [0.2, 0.25) is 0 Å². The van der Waals surface area contributed by atoms with Crippen LogP contribution in [0.3, 0.4) is 0 Å². The molecule has 0 unspecified atom stereocenters. The van der Waals surface area contributed by atoms with E-state index in [-0.39, 0.29) is 11.3 Å². The molecule has 0 spiro atoms. The monoisotopic (exact) mass is 234 g/mol. The van der Waals surface area contributed by atoms with Gasteiger partial charge in [-0.2, -0.15) is 0 Å². The lowest BCUT2D eigenvalue weighted by Gasteiger charge is -2.22. The van der Waals surface area contributed by atoms with Crippen LogP contribution in [0.5, 0.6) is 0 Å². The smallest absolute Gasteiger partial charge is 0.143 e. The molecule has 0 heterocycles. The number of aryl methyl sites for hydroxylation is 2. The van der Waals surface area contributed by atoms with Gasteiger partial charge in [0, 0.05) is 6.42 Å². The molecule has 0 radical (unpaired) electrons. The summed E-state index contributed by atoms with van der Waals surface area (Å²) in [6.45, 7) is 10.7. The van der Waals surface area contributed by atoms with E-state index < -0.39 is 0 Å². The zero-order valence-corrected chi connectivity index (χ0v) is 11.3. The molecule has 0 amide bonds. The second-order valence-corrected chi connectivity index (χ2v) is 5.61. The minimum Gasteiger partial charge on any atom is -0.409 e. The molecular weight excluding hydrogens is 212 g/mol. The van der Waals surface area contributed by atoms with E-state index in [4.69, 9.17) is 10.9 Å². The number of hydrogen-bond donors (Lipinski definition) is 2. The minimum atomic E-state index is 0.144. The molecule has 3 nitrogen and oxygen atoms in total. The van der Waals surface area contributed by atoms with Gasteiger partial charge in [-0.05, 0) is 41.5 Å². The van der Waals surface area contributed by atoms with Crippen LogP contribution in [0, 0.1) is 13.8 Å². The molecule has 94 valence electrons. The first-order valence-electron chi connectivity index (χ1n) is 5.82. The number of rotatable bonds is 2. The van der Waals surface area contributed by atoms with Crippen molar-refractivity contribution in [3.8, 4) is 0 Å². The van der Waals surface area contributed by atoms with E-state index in [1.165, 1.54) is 16.7 Å². The Morgan fingerprint density at radius 3 is 2.06 bits per heavy atom. The van der Waals surface area contributed by atoms with Gasteiger partial charge >= 0.3 is 0 Å². The summed E-state index contributed by atoms with van der Waals surface area (Å²) in [5, 5.41) is 11.7. The summed E-state index contributed by atoms with van der Waals surface area (Å²) in [6, 6.07) is 4.37. The van der Waals surface area contributed by atoms with Gasteiger partial charge in [-0.1, -0.05) is 38.1 Å². The van der Waals surface area contributed by atoms with Crippen LogP contribution in [0.4, 0.5) is 0 Å². The van der Waals surface area contributed by atoms with Gasteiger partial charge in [-0.15, -0.1) is 0 Å². The topological polar surface area (TPSA) is 58.6 Å². The predicted octanol–water partition coefficient (Wildman–Crippen LogP) is 2.89. The lowest BCUT2D eigenvalue weighted by atomic mass is 9.83. The Balaban J connectivity index is 3.20. The molecule has 0 aliphatic carbocycles. The van der Waals surface area contributed by atoms with Crippen LogP contribution >= 0.6 is 0 Å². The van der Waals surface area contributed by atoms with Crippen molar-refractivity contribution >= 4 is 5.84 Å². The first kappa shape index (κ1) is 13.6. The van der Waals surface area contributed by atoms with Crippen molar-refractivity contribution < 1.29 is 5.21 Å². The number of amidine groups is 1. The Hall–Kier alpha value is -1.51. The second kappa shape index (κ2) is 4.78. The zero-order chi connectivity index (χ0) is 13.2. The predicted molar refractivity (Wildman–Crippen MR) is 71.7 cm³/mol. The highest BCUT2D eigenvalue weighted by atomic mass is 16.4. The fourth-order valence-corrected chi connectivity index (χ4v) is 1.92. The van der Waals surface area contributed by atoms with E-state index in [0.29, 0.717) is 6.42 Å². The summed E-state index contributed by atoms with van der Waals surface area (Å²) < 4.78 is 0. The Kier molecular flexibility index (Phi) is 3.81. The molecule has 1 aromatic rings. The fraction of sp³-hybridized carbons (Fsp3) is 0.500. The number of hydrogen-bond acceptors (Lipinski definition) is 2. The quantitative estimate of drug-likeness (QED) is 0.358. The van der Waals surface area contributed by atoms with E-state index in [1.54, 1.807) is 0 Å². The van der Waals surface area contributed by atoms with Crippen LogP contribution < -0.4 is 5.73 Å². The summed E-state index contributed by atoms with van der Waals surface area (Å²) >= 11 is 0. The van der Waals surface area contributed by atoms with Gasteiger partial charge in [0.25, 0.3) is 0 Å². The number of oxime groups is 1. The van der Waals surface area contributed by atoms with Crippen LogP contribution in [0.25, 0.3) is 0 Å². The van der Waals surface area contributed by atoms with Gasteiger partial charge in [0.05, 0.1) is 0 Å². The summed E-state index contributed by atoms with van der Waals surface area (Å²) in [4.78, 5) is 0. The first-order chi connectivity index (χ1) is 7.75. The summed E-state index contributed by atoms with van der Waals surface area (Å²) in [7, 11) is 0. The molecule has 0 aliphatic rings. The lowest BCUT2D eigenvalue weighted by Crippen LogP contribution is -2.18. The zero-order valence-electron chi connectivity index (χ0n) is 11.3. The molecule has 0 aliphatic heterocycles. The molecule has 0 fully saturated rings. The largest absolute Gasteiger partial charge is 0.409 e. The van der Waals surface area contributed by atoms with Crippen molar-refractivity contribution in [2.45, 2.75) is 46.5 Å². The van der Waals surface area contributed by atoms with Crippen molar-refractivity contribution in [3.05, 3.63) is 34.4 Å². The normalized spacial score (nSPS) is 12.9. The Bertz CT molecular complexity index is 419. The minimum absolute atomic E-state index is 0.144. The van der Waals surface area contributed by atoms with Crippen molar-refractivity contribution in [1.29, 1.82) is 0 Å². The van der Waals surface area contributed by atoms with E-state index in [0.717, 1.165) is 5.56 Å². The van der Waals surface area contributed by atoms with Crippen molar-refractivity contribution in [1.82, 2.24) is 0 Å². The third-order valence-corrected chi connectivity index (χ3v) is 3.05. The van der Waals surface area contributed by atoms with Gasteiger partial charge in [0.15, 0.2) is 0 Å². The molecule has 3 heteroatoms. The van der Waals surface area contributed by atoms with E-state index in [9.17, 15) is 0 Å². The van der Waals surface area contributed by atoms with Crippen molar-refractivity contribution in [3.63, 3.8) is 0 Å². The third-order valence-electron chi connectivity index (χ3n) is 3.05. The van der Waals surface area contributed by atoms with E-state index in [2.05, 4.69) is 51.9 Å². The number of benzene rings is 1. The van der Waals surface area contributed by atoms with Crippen LogP contribution in [0.1, 0.15) is 43.0 Å². The van der Waals surface area contributed by atoms with Gasteiger partial charge in [0.1, 0.15) is 5.84 Å². The molecule has 0 aromatic heterocycles. The highest BCUT2D eigenvalue weighted by Gasteiger charge is 2.16. The van der Waals surface area contributed by atoms with Crippen molar-refractivity contribution in [2.75, 3.05) is 0 Å². The average Bonchev–Trinajstić information content (AvgIpc) is 2.21. The average molecular weight is 234 g/mol. The Morgan fingerprint density at radius 2 is 1.71 bits per heavy atom. The lowest BCUT2D eigenvalue weighted by molar-refractivity contribution is 0.317. The third kappa shape index (κ3) is 3.22. The number of nitrogens with two attached hydrogens (primary N) is 1. The van der Waals surface area contributed by atoms with Crippen LogP contribution in [0.15, 0.2) is 17.3 Å². The van der Waals surface area contributed by atoms with Gasteiger partial charge in [-0.25, -0.2) is 0 Å². The Labute approximate surface area is 103 Å². The SMILES string of the molecule is Cc1cc(C(C)(C)C)cc(C)c1C/C(N)=N/O. The Morgan fingerprint density at radius 1 is 1.24 bits per heavy atom. The van der Waals surface area contributed by atoms with Gasteiger partial charge in [-0.3, -0.25) is 0 Å². The maximum atomic E-state index is 8.62. The molecule has 17 heavy (non-hydrogen) atoms. The first-order valence-corrected chi connectivity index (χ1v) is 5.82. The highest BCUT2D eigenvalue weighted by Crippen LogP contribution is 2.27. The van der Waals surface area contributed by atoms with Crippen LogP contribution in [-0.2, 0) is 11.8 Å². The fourth-order valence-electron chi connectivity index (χ4n) is 1.92. The molecule has 1 aromatic carbocycles. The maximum absolute atomic E-state index is 8.62. The molecule has 0 bridgehead atoms. The highest BCUT2D eigenvalue weighted by molar-refractivity contribution is 5.82. The molecule has 0 atom stereocenters. The molecule has 3 N–H and O–H groups in total. The molecular formula is C14H22N2O. The van der Waals surface area contributed by atoms with Crippen LogP contribution in [0.2, 0.25) is 0 Å². The number of nitrogens with zero attached hydrogens (tertiary/aromatic N) is 1. The van der Waals surface area contributed by atoms with Crippen molar-refractivity contribution in [2.24, 2.45) is 10.9 Å². The van der Waals surface area contributed by atoms with E-state index in [1.807, 2.05) is 0 Å². The van der Waals surface area contributed by atoms with E-state index >= 15 is 0 Å². The maximum Gasteiger partial charge on any atom is 0.143 e. The second-order valence-electron chi connectivity index (χ2n) is 5.61. The molecule has 0 saturated heterocycles. The summed E-state index contributed by atoms with van der Waals surface area (Å²) in [6.07, 6.45) is 0.499. The summed E-state index contributed by atoms with van der Waals surface area (Å²) in [5.74, 6) is 0.250. The van der Waals surface area contributed by atoms with Crippen LogP contribution in [-0.4, -0.2) is 11.0 Å². The molecule has 1 rings (SSSR count). The molecule has 0 saturated carbocycles. The summed E-state index contributed by atoms with van der Waals surface area (Å²) in [5.41, 5.74) is 10.6. The van der Waals surface area contributed by atoms with Gasteiger partial charge < -0.3 is 10.9 Å². The standard InChI is InChI=1S/C14H22N2O/c1-9-6-11(14(3,4)5)7-10(2)12(9)8-13(15)16-17/h6-7,17H,8H2,1-5H3,(H2,15,16).